The third-order valence-electron chi connectivity index (χ3n) is 13.5. The van der Waals surface area contributed by atoms with Crippen molar-refractivity contribution in [2.24, 2.45) is 0 Å². The molecule has 0 saturated heterocycles. The molecule has 0 amide bonds. The van der Waals surface area contributed by atoms with Gasteiger partial charge in [0.1, 0.15) is 11.2 Å². The molecule has 0 bridgehead atoms. The Morgan fingerprint density at radius 3 is 1.59 bits per heavy atom. The van der Waals surface area contributed by atoms with Crippen LogP contribution in [0.15, 0.2) is 156 Å². The van der Waals surface area contributed by atoms with E-state index in [-0.39, 0.29) is 10.8 Å². The Bertz CT molecular complexity index is 3840. The number of rotatable bonds is 5. The molecule has 6 nitrogen and oxygen atoms in total. The van der Waals surface area contributed by atoms with Gasteiger partial charge < -0.3 is 28.9 Å². The van der Waals surface area contributed by atoms with Gasteiger partial charge in [0.25, 0.3) is 0 Å². The molecule has 6 heteroatoms. The lowest BCUT2D eigenvalue weighted by molar-refractivity contribution is 0.590. The van der Waals surface area contributed by atoms with Crippen LogP contribution in [0, 0.1) is 10.8 Å². The summed E-state index contributed by atoms with van der Waals surface area (Å²) in [7, 11) is 0. The average Bonchev–Trinajstić information content (AvgIpc) is 4.03. The Hall–Kier alpha value is -7.70. The Kier molecular flexibility index (Phi) is 7.96. The number of hydrogen-bond donors (Lipinski definition) is 2. The van der Waals surface area contributed by atoms with Crippen molar-refractivity contribution in [2.45, 2.75) is 52.4 Å². The molecule has 0 unspecified atom stereocenters. The van der Waals surface area contributed by atoms with E-state index in [1.54, 1.807) is 0 Å². The van der Waals surface area contributed by atoms with Crippen molar-refractivity contribution >= 4 is 99.8 Å². The van der Waals surface area contributed by atoms with Gasteiger partial charge in [-0.05, 0) is 112 Å². The van der Waals surface area contributed by atoms with Crippen LogP contribution in [-0.4, -0.2) is 26.1 Å². The summed E-state index contributed by atoms with van der Waals surface area (Å²) in [5.74, 6) is 0. The highest BCUT2D eigenvalue weighted by Gasteiger charge is 2.27. The van der Waals surface area contributed by atoms with E-state index >= 15 is 0 Å². The Labute approximate surface area is 370 Å². The highest BCUT2D eigenvalue weighted by Crippen LogP contribution is 2.45. The lowest BCUT2D eigenvalue weighted by Crippen LogP contribution is -2.11. The minimum Gasteiger partial charge on any atom is -0.455 e. The molecule has 0 aliphatic rings. The van der Waals surface area contributed by atoms with Crippen molar-refractivity contribution < 1.29 is 4.42 Å². The number of hydrogen-bond acceptors (Lipinski definition) is 3. The summed E-state index contributed by atoms with van der Waals surface area (Å²) >= 11 is 0. The van der Waals surface area contributed by atoms with Gasteiger partial charge in [0.15, 0.2) is 0 Å². The first kappa shape index (κ1) is 38.0. The van der Waals surface area contributed by atoms with Gasteiger partial charge in [-0.2, -0.15) is 0 Å². The molecule has 12 aromatic rings. The quantitative estimate of drug-likeness (QED) is 0.167. The summed E-state index contributed by atoms with van der Waals surface area (Å²) in [6, 6.07) is 54.6. The summed E-state index contributed by atoms with van der Waals surface area (Å²) in [6.07, 6.45) is 2.84. The summed E-state index contributed by atoms with van der Waals surface area (Å²) in [4.78, 5) is 0. The molecule has 310 valence electrons. The maximum Gasteiger partial charge on any atom is 0.145 e. The van der Waals surface area contributed by atoms with Crippen molar-refractivity contribution in [3.05, 3.63) is 174 Å². The maximum absolute atomic E-state index is 9.02. The van der Waals surface area contributed by atoms with Gasteiger partial charge in [-0.1, -0.05) is 108 Å². The number of aromatic nitrogens is 3. The van der Waals surface area contributed by atoms with Gasteiger partial charge in [0, 0.05) is 61.4 Å². The molecule has 0 spiro atoms. The monoisotopic (exact) mass is 829 g/mol. The van der Waals surface area contributed by atoms with E-state index in [9.17, 15) is 0 Å². The molecule has 0 aliphatic carbocycles. The normalized spacial score (nSPS) is 12.7. The molecule has 0 fully saturated rings. The van der Waals surface area contributed by atoms with Crippen LogP contribution in [0.2, 0.25) is 0 Å². The smallest absolute Gasteiger partial charge is 0.145 e. The minimum atomic E-state index is -0.0514. The number of furan rings is 1. The lowest BCUT2D eigenvalue weighted by Gasteiger charge is -2.21. The van der Waals surface area contributed by atoms with E-state index in [0.29, 0.717) is 5.56 Å². The first-order valence-electron chi connectivity index (χ1n) is 22.1. The summed E-state index contributed by atoms with van der Waals surface area (Å²) in [5, 5.41) is 26.6. The predicted octanol–water partition coefficient (Wildman–Crippen LogP) is 15.5. The first-order chi connectivity index (χ1) is 30.9. The Balaban J connectivity index is 1.24. The summed E-state index contributed by atoms with van der Waals surface area (Å²) < 4.78 is 14.0. The molecule has 4 aromatic heterocycles. The Morgan fingerprint density at radius 2 is 0.984 bits per heavy atom. The number of nitrogens with zero attached hydrogens (tertiary/aromatic N) is 3. The molecule has 2 N–H and O–H groups in total. The second kappa shape index (κ2) is 13.4. The topological polar surface area (TPSA) is 75.6 Å². The second-order valence-electron chi connectivity index (χ2n) is 19.4. The van der Waals surface area contributed by atoms with E-state index in [1.807, 2.05) is 18.2 Å². The predicted molar refractivity (Wildman–Crippen MR) is 270 cm³/mol. The third kappa shape index (κ3) is 5.38. The van der Waals surface area contributed by atoms with Gasteiger partial charge >= 0.3 is 0 Å². The molecule has 4 heterocycles. The fourth-order valence-corrected chi connectivity index (χ4v) is 10.3. The molecular weight excluding hydrogens is 783 g/mol. The molecule has 64 heavy (non-hydrogen) atoms. The van der Waals surface area contributed by atoms with E-state index in [4.69, 9.17) is 15.2 Å². The zero-order chi connectivity index (χ0) is 43.8. The minimum absolute atomic E-state index is 0.0514. The average molecular weight is 830 g/mol. The van der Waals surface area contributed by atoms with Gasteiger partial charge in [-0.3, -0.25) is 0 Å². The summed E-state index contributed by atoms with van der Waals surface area (Å²) in [6.45, 7) is 13.6. The van der Waals surface area contributed by atoms with Crippen LogP contribution in [-0.2, 0) is 10.8 Å². The molecule has 0 radical (unpaired) electrons. The van der Waals surface area contributed by atoms with Crippen molar-refractivity contribution in [1.29, 1.82) is 10.8 Å². The number of para-hydroxylation sites is 3. The van der Waals surface area contributed by atoms with Crippen LogP contribution >= 0.6 is 0 Å². The SMILES string of the molecule is CC(C)(C)c1ccc2c(c1)c1cc(C(C)(C)C)ccc1n2-c1c(C=N)cc(C=N)cc1-n1c2ccc(-n3c4ccccc4c4ccccc43)cc2c2c3oc4ccccc4c3ccc21. The van der Waals surface area contributed by atoms with Crippen LogP contribution in [0.3, 0.4) is 0 Å². The molecular formula is C58H47N5O. The van der Waals surface area contributed by atoms with Crippen molar-refractivity contribution in [1.82, 2.24) is 13.7 Å². The standard InChI is InChI=1S/C58H47N5O/c1-57(2,3)36-19-23-48-43(29-36)44-30-37(58(4,5)6)20-24-49(44)63(48)55-35(33-60)27-34(32-59)28-52(55)62-50-25-21-38(61-46-16-10-7-13-39(46)40-14-8-11-17-47(40)61)31-45(50)54-51(62)26-22-42-41-15-9-12-18-53(41)64-56(42)54/h7-33,59-60H,1-6H3. The first-order valence-corrected chi connectivity index (χ1v) is 22.1. The Morgan fingerprint density at radius 1 is 0.438 bits per heavy atom. The van der Waals surface area contributed by atoms with Gasteiger partial charge in [-0.25, -0.2) is 0 Å². The number of nitrogens with one attached hydrogen (secondary N) is 2. The fourth-order valence-electron chi connectivity index (χ4n) is 10.3. The van der Waals surface area contributed by atoms with Crippen molar-refractivity contribution in [3.63, 3.8) is 0 Å². The molecule has 0 aliphatic heterocycles. The number of benzene rings is 8. The fraction of sp³-hybridized carbons (Fsp3) is 0.138. The van der Waals surface area contributed by atoms with Gasteiger partial charge in [0.05, 0.1) is 49.9 Å². The number of fused-ring (bicyclic) bond motifs is 13. The molecule has 0 saturated carbocycles. The summed E-state index contributed by atoms with van der Waals surface area (Å²) in [5.41, 5.74) is 14.7. The molecule has 8 aromatic carbocycles. The second-order valence-corrected chi connectivity index (χ2v) is 19.4. The maximum atomic E-state index is 9.02. The van der Waals surface area contributed by atoms with Crippen LogP contribution in [0.1, 0.15) is 63.8 Å². The zero-order valence-electron chi connectivity index (χ0n) is 36.8. The van der Waals surface area contributed by atoms with E-state index in [2.05, 4.69) is 189 Å². The largest absolute Gasteiger partial charge is 0.455 e. The van der Waals surface area contributed by atoms with E-state index in [1.165, 1.54) is 45.1 Å². The van der Waals surface area contributed by atoms with Gasteiger partial charge in [0.2, 0.25) is 0 Å². The lowest BCUT2D eigenvalue weighted by atomic mass is 9.85. The highest BCUT2D eigenvalue weighted by atomic mass is 16.3. The molecule has 12 rings (SSSR count). The van der Waals surface area contributed by atoms with E-state index < -0.39 is 0 Å². The van der Waals surface area contributed by atoms with Gasteiger partial charge in [-0.15, -0.1) is 0 Å². The molecule has 0 atom stereocenters. The zero-order valence-corrected chi connectivity index (χ0v) is 36.8. The van der Waals surface area contributed by atoms with Crippen LogP contribution in [0.25, 0.3) is 104 Å². The van der Waals surface area contributed by atoms with Crippen LogP contribution in [0.4, 0.5) is 0 Å². The van der Waals surface area contributed by atoms with Crippen molar-refractivity contribution in [2.75, 3.05) is 0 Å². The highest BCUT2D eigenvalue weighted by molar-refractivity contribution is 6.24. The van der Waals surface area contributed by atoms with Crippen molar-refractivity contribution in [3.8, 4) is 17.1 Å². The van der Waals surface area contributed by atoms with Crippen LogP contribution in [0.5, 0.6) is 0 Å². The van der Waals surface area contributed by atoms with E-state index in [0.717, 1.165) is 88.4 Å². The van der Waals surface area contributed by atoms with Crippen LogP contribution < -0.4 is 0 Å². The third-order valence-corrected chi connectivity index (χ3v) is 13.5.